The van der Waals surface area contributed by atoms with E-state index in [9.17, 15) is 24.3 Å². The molecule has 2 aliphatic heterocycles. The van der Waals surface area contributed by atoms with Gasteiger partial charge in [-0.05, 0) is 22.8 Å². The number of aliphatic carboxylic acids is 1. The Morgan fingerprint density at radius 3 is 2.35 bits per heavy atom. The Bertz CT molecular complexity index is 1680. The van der Waals surface area contributed by atoms with Crippen LogP contribution < -0.4 is 4.74 Å². The van der Waals surface area contributed by atoms with E-state index in [0.717, 1.165) is 22.3 Å². The van der Waals surface area contributed by atoms with Crippen LogP contribution in [0.15, 0.2) is 54.6 Å². The molecule has 43 heavy (non-hydrogen) atoms. The number of imidazole rings is 1. The first kappa shape index (κ1) is 29.7. The van der Waals surface area contributed by atoms with Gasteiger partial charge in [0.15, 0.2) is 11.8 Å². The molecule has 4 aromatic rings. The molecule has 0 bridgehead atoms. The van der Waals surface area contributed by atoms with Crippen molar-refractivity contribution in [3.8, 4) is 28.4 Å². The summed E-state index contributed by atoms with van der Waals surface area (Å²) in [6.45, 7) is 0.0716. The van der Waals surface area contributed by atoms with Crippen LogP contribution in [0, 0.1) is 0 Å². The van der Waals surface area contributed by atoms with Gasteiger partial charge in [-0.1, -0.05) is 60.1 Å². The van der Waals surface area contributed by atoms with Crippen molar-refractivity contribution >= 4 is 36.3 Å². The number of carboxylic acids is 1. The fourth-order valence-corrected chi connectivity index (χ4v) is 6.31. The first-order valence-electron chi connectivity index (χ1n) is 13.3. The number of pyridine rings is 1. The van der Waals surface area contributed by atoms with Crippen LogP contribution in [0.4, 0.5) is 0 Å². The lowest BCUT2D eigenvalue weighted by Gasteiger charge is -2.20. The highest BCUT2D eigenvalue weighted by Gasteiger charge is 2.48. The van der Waals surface area contributed by atoms with Crippen LogP contribution in [-0.4, -0.2) is 96.3 Å². The second-order valence-electron chi connectivity index (χ2n) is 10.5. The summed E-state index contributed by atoms with van der Waals surface area (Å²) >= 11 is 6.59. The molecule has 2 aliphatic rings. The summed E-state index contributed by atoms with van der Waals surface area (Å²) in [5, 5.41) is 19.5. The highest BCUT2D eigenvalue weighted by atomic mass is 35.5. The number of nitrogens with one attached hydrogen (secondary N) is 1. The summed E-state index contributed by atoms with van der Waals surface area (Å²) in [6.07, 6.45) is -2.52. The lowest BCUT2D eigenvalue weighted by atomic mass is 10.0. The standard InChI is InChI=1S/C28H28ClN4O9P/c29-19-9-20-27(32-28(30-20)42-22-13-41-25-21(34)12-40-26(22)25)31-24(19)18-7-5-17(6-8-18)16-3-1-15(2-4-16)10-33(11-23(35)36)14-43(37,38)39/h1-9,21-22,25-26,34H,10-14H2,(H,35,36)(H,30,31,32)(H2,37,38,39)/t21-,22-,25-,26-/m1/s1. The van der Waals surface area contributed by atoms with Crippen molar-refractivity contribution in [2.75, 3.05) is 26.0 Å². The smallest absolute Gasteiger partial charge is 0.339 e. The Morgan fingerprint density at radius 2 is 1.67 bits per heavy atom. The van der Waals surface area contributed by atoms with Gasteiger partial charge >= 0.3 is 13.6 Å². The summed E-state index contributed by atoms with van der Waals surface area (Å²) in [5.41, 5.74) is 4.88. The van der Waals surface area contributed by atoms with Crippen molar-refractivity contribution < 1.29 is 43.6 Å². The number of rotatable bonds is 10. The summed E-state index contributed by atoms with van der Waals surface area (Å²) in [6, 6.07) is 16.9. The summed E-state index contributed by atoms with van der Waals surface area (Å²) in [4.78, 5) is 43.0. The molecule has 226 valence electrons. The molecule has 4 heterocycles. The van der Waals surface area contributed by atoms with Gasteiger partial charge in [-0.3, -0.25) is 14.3 Å². The molecule has 0 aliphatic carbocycles. The number of halogens is 1. The number of H-pyrrole nitrogens is 1. The molecule has 15 heteroatoms. The van der Waals surface area contributed by atoms with Gasteiger partial charge in [0, 0.05) is 12.1 Å². The predicted molar refractivity (Wildman–Crippen MR) is 155 cm³/mol. The number of aliphatic hydroxyl groups is 1. The third-order valence-electron chi connectivity index (χ3n) is 7.24. The molecule has 2 aromatic carbocycles. The van der Waals surface area contributed by atoms with Crippen LogP contribution in [-0.2, 0) is 25.4 Å². The number of carboxylic acid groups (broad SMARTS) is 1. The van der Waals surface area contributed by atoms with E-state index < -0.39 is 44.7 Å². The molecule has 0 unspecified atom stereocenters. The molecule has 0 radical (unpaired) electrons. The number of benzene rings is 2. The molecule has 0 amide bonds. The zero-order chi connectivity index (χ0) is 30.3. The van der Waals surface area contributed by atoms with Gasteiger partial charge in [0.2, 0.25) is 0 Å². The molecule has 6 rings (SSSR count). The third kappa shape index (κ3) is 6.74. The average Bonchev–Trinajstić information content (AvgIpc) is 3.64. The van der Waals surface area contributed by atoms with Gasteiger partial charge in [-0.25, -0.2) is 4.98 Å². The Balaban J connectivity index is 1.15. The largest absolute Gasteiger partial charge is 0.480 e. The van der Waals surface area contributed by atoms with Crippen LogP contribution >= 0.6 is 19.2 Å². The van der Waals surface area contributed by atoms with E-state index >= 15 is 0 Å². The average molecular weight is 631 g/mol. The highest BCUT2D eigenvalue weighted by Crippen LogP contribution is 2.36. The number of nitrogens with zero attached hydrogens (tertiary/aromatic N) is 3. The molecule has 4 atom stereocenters. The molecular weight excluding hydrogens is 603 g/mol. The monoisotopic (exact) mass is 630 g/mol. The van der Waals surface area contributed by atoms with Gasteiger partial charge in [0.25, 0.3) is 6.01 Å². The van der Waals surface area contributed by atoms with Gasteiger partial charge in [-0.2, -0.15) is 4.98 Å². The van der Waals surface area contributed by atoms with Crippen LogP contribution in [0.2, 0.25) is 5.02 Å². The molecule has 2 saturated heterocycles. The van der Waals surface area contributed by atoms with Crippen molar-refractivity contribution in [1.82, 2.24) is 19.9 Å². The Labute approximate surface area is 250 Å². The SMILES string of the molecule is O=C(O)CN(Cc1ccc(-c2ccc(-c3nc4nc(O[C@@H]5CO[C@H]6[C@@H]5OC[C@H]6O)[nH]c4cc3Cl)cc2)cc1)CP(=O)(O)O. The van der Waals surface area contributed by atoms with Crippen molar-refractivity contribution in [2.45, 2.75) is 31.0 Å². The quantitative estimate of drug-likeness (QED) is 0.161. The van der Waals surface area contributed by atoms with Crippen LogP contribution in [0.1, 0.15) is 5.56 Å². The van der Waals surface area contributed by atoms with Crippen molar-refractivity contribution in [1.29, 1.82) is 0 Å². The number of hydrogen-bond donors (Lipinski definition) is 5. The summed E-state index contributed by atoms with van der Waals surface area (Å²) in [7, 11) is -4.41. The maximum atomic E-state index is 11.4. The van der Waals surface area contributed by atoms with E-state index in [1.165, 1.54) is 4.90 Å². The number of ether oxygens (including phenoxy) is 3. The third-order valence-corrected chi connectivity index (χ3v) is 8.30. The normalized spacial score (nSPS) is 21.9. The Morgan fingerprint density at radius 1 is 1.02 bits per heavy atom. The molecule has 2 aromatic heterocycles. The van der Waals surface area contributed by atoms with Crippen molar-refractivity contribution in [2.24, 2.45) is 0 Å². The predicted octanol–water partition coefficient (Wildman–Crippen LogP) is 2.87. The van der Waals surface area contributed by atoms with Gasteiger partial charge in [0.1, 0.15) is 24.6 Å². The lowest BCUT2D eigenvalue weighted by Crippen LogP contribution is -2.34. The molecule has 5 N–H and O–H groups in total. The van der Waals surface area contributed by atoms with Crippen LogP contribution in [0.25, 0.3) is 33.5 Å². The second kappa shape index (κ2) is 11.9. The van der Waals surface area contributed by atoms with Gasteiger partial charge in [0.05, 0.1) is 36.0 Å². The van der Waals surface area contributed by atoms with E-state index in [-0.39, 0.29) is 31.9 Å². The van der Waals surface area contributed by atoms with Gasteiger partial charge in [-0.15, -0.1) is 0 Å². The van der Waals surface area contributed by atoms with E-state index in [0.29, 0.717) is 21.9 Å². The number of aromatic nitrogens is 3. The Hall–Kier alpha value is -3.39. The first-order valence-corrected chi connectivity index (χ1v) is 15.5. The zero-order valence-corrected chi connectivity index (χ0v) is 24.2. The maximum Gasteiger partial charge on any atom is 0.339 e. The van der Waals surface area contributed by atoms with Crippen LogP contribution in [0.3, 0.4) is 0 Å². The molecule has 0 spiro atoms. The summed E-state index contributed by atoms with van der Waals surface area (Å²) in [5.74, 6) is -1.17. The fourth-order valence-electron chi connectivity index (χ4n) is 5.33. The summed E-state index contributed by atoms with van der Waals surface area (Å²) < 4.78 is 28.6. The minimum absolute atomic E-state index is 0.0790. The minimum atomic E-state index is -4.41. The van der Waals surface area contributed by atoms with E-state index in [4.69, 9.17) is 30.9 Å². The first-order chi connectivity index (χ1) is 20.5. The Kier molecular flexibility index (Phi) is 8.24. The van der Waals surface area contributed by atoms with Gasteiger partial charge < -0.3 is 39.2 Å². The number of aromatic amines is 1. The number of aliphatic hydroxyl groups excluding tert-OH is 1. The van der Waals surface area contributed by atoms with Crippen LogP contribution in [0.5, 0.6) is 6.01 Å². The molecule has 13 nitrogen and oxygen atoms in total. The van der Waals surface area contributed by atoms with Crippen molar-refractivity contribution in [3.63, 3.8) is 0 Å². The second-order valence-corrected chi connectivity index (χ2v) is 12.5. The molecule has 2 fully saturated rings. The zero-order valence-electron chi connectivity index (χ0n) is 22.5. The maximum absolute atomic E-state index is 11.4. The van der Waals surface area contributed by atoms with E-state index in [2.05, 4.69) is 15.0 Å². The van der Waals surface area contributed by atoms with E-state index in [1.807, 2.05) is 36.4 Å². The van der Waals surface area contributed by atoms with Crippen molar-refractivity contribution in [3.05, 3.63) is 65.2 Å². The highest BCUT2D eigenvalue weighted by molar-refractivity contribution is 7.51. The van der Waals surface area contributed by atoms with E-state index in [1.54, 1.807) is 18.2 Å². The fraction of sp³-hybridized carbons (Fsp3) is 0.321. The lowest BCUT2D eigenvalue weighted by molar-refractivity contribution is -0.138. The number of carbonyl (C=O) groups is 1. The number of hydrogen-bond acceptors (Lipinski definition) is 9. The minimum Gasteiger partial charge on any atom is -0.480 e. The molecule has 0 saturated carbocycles. The topological polar surface area (TPSA) is 188 Å². The number of fused-ring (bicyclic) bond motifs is 2. The molecular formula is C28H28ClN4O9P.